The van der Waals surface area contributed by atoms with E-state index in [9.17, 15) is 27.9 Å². The van der Waals surface area contributed by atoms with Gasteiger partial charge in [-0.25, -0.2) is 0 Å². The van der Waals surface area contributed by atoms with Gasteiger partial charge in [0.2, 0.25) is 5.91 Å². The Labute approximate surface area is 214 Å². The molecule has 2 fully saturated rings. The number of β-amino-alcohol motifs (C(OH)–C–C–N with tert-alkyl or cyclic N) is 1. The summed E-state index contributed by atoms with van der Waals surface area (Å²) in [5, 5.41) is 15.7. The fraction of sp³-hybridized carbons (Fsp3) is 0.500. The van der Waals surface area contributed by atoms with Crippen molar-refractivity contribution in [3.8, 4) is 0 Å². The van der Waals surface area contributed by atoms with Crippen LogP contribution in [0.3, 0.4) is 0 Å². The molecule has 3 aliphatic rings. The van der Waals surface area contributed by atoms with Crippen molar-refractivity contribution in [2.75, 3.05) is 19.6 Å². The normalized spacial score (nSPS) is 27.7. The van der Waals surface area contributed by atoms with E-state index >= 15 is 0 Å². The van der Waals surface area contributed by atoms with E-state index < -0.39 is 35.7 Å². The van der Waals surface area contributed by atoms with Gasteiger partial charge < -0.3 is 15.7 Å². The summed E-state index contributed by atoms with van der Waals surface area (Å²) in [6.07, 6.45) is 1.42. The molecular formula is C28H32F3N3O3. The largest absolute Gasteiger partial charge is 0.416 e. The molecule has 0 radical (unpaired) electrons. The van der Waals surface area contributed by atoms with Crippen LogP contribution in [0.2, 0.25) is 0 Å². The minimum Gasteiger partial charge on any atom is -0.390 e. The number of aryl methyl sites for hydroxylation is 1. The molecule has 1 saturated carbocycles. The van der Waals surface area contributed by atoms with Gasteiger partial charge in [-0.15, -0.1) is 0 Å². The number of halogens is 3. The number of rotatable bonds is 5. The number of alkyl halides is 3. The second-order valence-electron chi connectivity index (χ2n) is 10.6. The Morgan fingerprint density at radius 3 is 2.54 bits per heavy atom. The minimum absolute atomic E-state index is 0.172. The second-order valence-corrected chi connectivity index (χ2v) is 10.6. The summed E-state index contributed by atoms with van der Waals surface area (Å²) < 4.78 is 38.7. The van der Waals surface area contributed by atoms with Crippen LogP contribution in [-0.2, 0) is 22.8 Å². The highest BCUT2D eigenvalue weighted by Crippen LogP contribution is 2.49. The van der Waals surface area contributed by atoms with Crippen LogP contribution in [0.1, 0.15) is 59.2 Å². The summed E-state index contributed by atoms with van der Waals surface area (Å²) >= 11 is 0. The molecule has 0 bridgehead atoms. The van der Waals surface area contributed by atoms with Crippen molar-refractivity contribution in [2.24, 2.45) is 0 Å². The van der Waals surface area contributed by atoms with Crippen molar-refractivity contribution in [1.82, 2.24) is 15.5 Å². The third-order valence-corrected chi connectivity index (χ3v) is 8.42. The van der Waals surface area contributed by atoms with Crippen LogP contribution in [0.5, 0.6) is 0 Å². The molecule has 2 aliphatic carbocycles. The highest BCUT2D eigenvalue weighted by molar-refractivity contribution is 5.96. The van der Waals surface area contributed by atoms with Crippen LogP contribution >= 0.6 is 0 Å². The molecule has 0 aromatic heterocycles. The van der Waals surface area contributed by atoms with Gasteiger partial charge in [-0.3, -0.25) is 14.5 Å². The van der Waals surface area contributed by atoms with E-state index in [0.717, 1.165) is 50.3 Å². The number of hydrogen-bond acceptors (Lipinski definition) is 4. The molecule has 1 saturated heterocycles. The molecule has 5 rings (SSSR count). The number of hydrogen-bond donors (Lipinski definition) is 3. The van der Waals surface area contributed by atoms with Crippen molar-refractivity contribution >= 4 is 11.8 Å². The average Bonchev–Trinajstić information content (AvgIpc) is 3.43. The molecule has 1 heterocycles. The lowest BCUT2D eigenvalue weighted by molar-refractivity contribution is -0.137. The molecule has 2 atom stereocenters. The Kier molecular flexibility index (Phi) is 7.02. The van der Waals surface area contributed by atoms with Gasteiger partial charge in [0.25, 0.3) is 5.91 Å². The molecule has 2 aromatic carbocycles. The van der Waals surface area contributed by atoms with Crippen molar-refractivity contribution in [3.05, 3.63) is 70.8 Å². The zero-order valence-corrected chi connectivity index (χ0v) is 20.6. The summed E-state index contributed by atoms with van der Waals surface area (Å²) in [7, 11) is 0. The number of aliphatic hydroxyl groups is 1. The molecule has 3 N–H and O–H groups in total. The first-order valence-electron chi connectivity index (χ1n) is 12.9. The molecule has 198 valence electrons. The van der Waals surface area contributed by atoms with Crippen LogP contribution in [0.15, 0.2) is 48.5 Å². The topological polar surface area (TPSA) is 81.7 Å². The lowest BCUT2D eigenvalue weighted by atomic mass is 9.69. The Morgan fingerprint density at radius 1 is 1.03 bits per heavy atom. The summed E-state index contributed by atoms with van der Waals surface area (Å²) in [6.45, 7) is 0.627. The maximum atomic E-state index is 12.9. The molecule has 9 heteroatoms. The summed E-state index contributed by atoms with van der Waals surface area (Å²) in [5.74, 6) is -1.25. The SMILES string of the molecule is O=C(CNC(=O)c1cccc(C(F)(F)F)c1)N[C@H]1CN(C2CCC3(CCc4ccccc43)CC2)C[C@H]1O. The van der Waals surface area contributed by atoms with Gasteiger partial charge in [0.05, 0.1) is 24.3 Å². The van der Waals surface area contributed by atoms with E-state index in [4.69, 9.17) is 0 Å². The smallest absolute Gasteiger partial charge is 0.390 e. The first kappa shape index (κ1) is 25.7. The molecule has 2 amide bonds. The number of benzene rings is 2. The van der Waals surface area contributed by atoms with Gasteiger partial charge >= 0.3 is 6.18 Å². The predicted octanol–water partition coefficient (Wildman–Crippen LogP) is 3.42. The van der Waals surface area contributed by atoms with Crippen LogP contribution in [0.4, 0.5) is 13.2 Å². The van der Waals surface area contributed by atoms with Gasteiger partial charge in [-0.2, -0.15) is 13.2 Å². The second kappa shape index (κ2) is 10.1. The number of aliphatic hydroxyl groups excluding tert-OH is 1. The summed E-state index contributed by atoms with van der Waals surface area (Å²) in [6, 6.07) is 12.7. The van der Waals surface area contributed by atoms with Gasteiger partial charge in [-0.1, -0.05) is 30.3 Å². The quantitative estimate of drug-likeness (QED) is 0.570. The van der Waals surface area contributed by atoms with Crippen molar-refractivity contribution in [2.45, 2.75) is 68.3 Å². The van der Waals surface area contributed by atoms with E-state index in [-0.39, 0.29) is 17.5 Å². The lowest BCUT2D eigenvalue weighted by Gasteiger charge is -2.41. The van der Waals surface area contributed by atoms with Crippen molar-refractivity contribution < 1.29 is 27.9 Å². The Hall–Kier alpha value is -2.91. The van der Waals surface area contributed by atoms with Crippen LogP contribution in [-0.4, -0.2) is 59.6 Å². The number of likely N-dealkylation sites (tertiary alicyclic amines) is 1. The van der Waals surface area contributed by atoms with Gasteiger partial charge in [-0.05, 0) is 73.3 Å². The predicted molar refractivity (Wildman–Crippen MR) is 132 cm³/mol. The molecule has 1 aliphatic heterocycles. The number of fused-ring (bicyclic) bond motifs is 2. The molecular weight excluding hydrogens is 483 g/mol. The summed E-state index contributed by atoms with van der Waals surface area (Å²) in [4.78, 5) is 27.0. The first-order chi connectivity index (χ1) is 17.6. The van der Waals surface area contributed by atoms with E-state index in [0.29, 0.717) is 19.1 Å². The van der Waals surface area contributed by atoms with Crippen molar-refractivity contribution in [3.63, 3.8) is 0 Å². The van der Waals surface area contributed by atoms with Gasteiger partial charge in [0.1, 0.15) is 0 Å². The highest BCUT2D eigenvalue weighted by atomic mass is 19.4. The minimum atomic E-state index is -4.56. The third-order valence-electron chi connectivity index (χ3n) is 8.42. The fourth-order valence-corrected chi connectivity index (χ4v) is 6.42. The van der Waals surface area contributed by atoms with Gasteiger partial charge in [0.15, 0.2) is 0 Å². The van der Waals surface area contributed by atoms with Crippen LogP contribution in [0, 0.1) is 0 Å². The standard InChI is InChI=1S/C28H32F3N3O3/c29-28(30,31)20-6-3-5-19(14-20)26(37)32-15-25(36)33-23-16-34(17-24(23)35)21-9-12-27(13-10-21)11-8-18-4-1-2-7-22(18)27/h1-7,14,21,23-24,35H,8-13,15-17H2,(H,32,37)(H,33,36)/t21?,23-,24+,27?/m0/s1. The molecule has 0 unspecified atom stereocenters. The van der Waals surface area contributed by atoms with Gasteiger partial charge in [0, 0.05) is 24.7 Å². The molecule has 37 heavy (non-hydrogen) atoms. The number of nitrogens with zero attached hydrogens (tertiary/aromatic N) is 1. The third kappa shape index (κ3) is 5.38. The van der Waals surface area contributed by atoms with E-state index in [2.05, 4.69) is 39.8 Å². The van der Waals surface area contributed by atoms with E-state index in [1.165, 1.54) is 23.6 Å². The number of amides is 2. The van der Waals surface area contributed by atoms with E-state index in [1.54, 1.807) is 0 Å². The zero-order valence-electron chi connectivity index (χ0n) is 20.6. The maximum Gasteiger partial charge on any atom is 0.416 e. The fourth-order valence-electron chi connectivity index (χ4n) is 6.42. The maximum absolute atomic E-state index is 12.9. The molecule has 2 aromatic rings. The highest BCUT2D eigenvalue weighted by Gasteiger charge is 2.44. The first-order valence-corrected chi connectivity index (χ1v) is 12.9. The lowest BCUT2D eigenvalue weighted by Crippen LogP contribution is -2.47. The molecule has 1 spiro atoms. The average molecular weight is 516 g/mol. The van der Waals surface area contributed by atoms with Crippen LogP contribution < -0.4 is 10.6 Å². The number of nitrogens with one attached hydrogen (secondary N) is 2. The Balaban J connectivity index is 1.10. The molecule has 6 nitrogen and oxygen atoms in total. The Morgan fingerprint density at radius 2 is 1.78 bits per heavy atom. The zero-order chi connectivity index (χ0) is 26.2. The number of carbonyl (C=O) groups is 2. The van der Waals surface area contributed by atoms with Crippen molar-refractivity contribution in [1.29, 1.82) is 0 Å². The monoisotopic (exact) mass is 515 g/mol. The van der Waals surface area contributed by atoms with Crippen LogP contribution in [0.25, 0.3) is 0 Å². The van der Waals surface area contributed by atoms with E-state index in [1.807, 2.05) is 0 Å². The summed E-state index contributed by atoms with van der Waals surface area (Å²) in [5.41, 5.74) is 2.16. The number of carbonyl (C=O) groups excluding carboxylic acids is 2. The Bertz CT molecular complexity index is 1160.